The summed E-state index contributed by atoms with van der Waals surface area (Å²) in [5.74, 6) is 0. The molecule has 6 heteroatoms. The molecule has 2 rings (SSSR count). The smallest absolute Gasteiger partial charge is 0.280 e. The van der Waals surface area contributed by atoms with E-state index in [9.17, 15) is 14.9 Å². The number of carbonyl (C=O) groups is 1. The van der Waals surface area contributed by atoms with E-state index in [1.165, 1.54) is 6.07 Å². The second-order valence-corrected chi connectivity index (χ2v) is 5.30. The van der Waals surface area contributed by atoms with E-state index in [1.807, 2.05) is 0 Å². The van der Waals surface area contributed by atoms with E-state index < -0.39 is 4.92 Å². The molecule has 0 bridgehead atoms. The molecule has 0 N–H and O–H groups in total. The fourth-order valence-electron chi connectivity index (χ4n) is 2.64. The molecular formula is C14H19N3O3. The van der Waals surface area contributed by atoms with Gasteiger partial charge in [0.2, 0.25) is 0 Å². The predicted octanol–water partition coefficient (Wildman–Crippen LogP) is 1.94. The highest BCUT2D eigenvalue weighted by Crippen LogP contribution is 2.26. The largest absolute Gasteiger partial charge is 0.371 e. The van der Waals surface area contributed by atoms with Crippen LogP contribution in [0, 0.1) is 10.1 Å². The molecule has 1 aliphatic heterocycles. The minimum absolute atomic E-state index is 0.132. The molecule has 1 saturated heterocycles. The first kappa shape index (κ1) is 14.5. The number of rotatable bonds is 4. The standard InChI is InChI=1S/C14H19N3O3/c1-15(2)12-5-7-16(8-6-12)13-3-4-14(17(19)20)11(9-13)10-18/h3-4,9-10,12H,5-8H2,1-2H3. The van der Waals surface area contributed by atoms with Gasteiger partial charge in [-0.05, 0) is 39.1 Å². The Bertz CT molecular complexity index is 508. The van der Waals surface area contributed by atoms with Crippen molar-refractivity contribution in [3.05, 3.63) is 33.9 Å². The van der Waals surface area contributed by atoms with Gasteiger partial charge in [-0.25, -0.2) is 0 Å². The Morgan fingerprint density at radius 1 is 1.35 bits per heavy atom. The van der Waals surface area contributed by atoms with Crippen LogP contribution < -0.4 is 4.90 Å². The highest BCUT2D eigenvalue weighted by atomic mass is 16.6. The Kier molecular flexibility index (Phi) is 4.34. The summed E-state index contributed by atoms with van der Waals surface area (Å²) in [5.41, 5.74) is 0.893. The van der Waals surface area contributed by atoms with Crippen molar-refractivity contribution in [1.29, 1.82) is 0 Å². The van der Waals surface area contributed by atoms with Crippen LogP contribution in [0.4, 0.5) is 11.4 Å². The number of hydrogen-bond acceptors (Lipinski definition) is 5. The molecule has 1 fully saturated rings. The van der Waals surface area contributed by atoms with Crippen LogP contribution in [0.25, 0.3) is 0 Å². The number of nitro groups is 1. The van der Waals surface area contributed by atoms with Crippen LogP contribution in [0.2, 0.25) is 0 Å². The number of hydrogen-bond donors (Lipinski definition) is 0. The third kappa shape index (κ3) is 2.96. The van der Waals surface area contributed by atoms with E-state index in [0.29, 0.717) is 12.3 Å². The first-order valence-electron chi connectivity index (χ1n) is 6.68. The summed E-state index contributed by atoms with van der Waals surface area (Å²) >= 11 is 0. The lowest BCUT2D eigenvalue weighted by Gasteiger charge is -2.36. The SMILES string of the molecule is CN(C)C1CCN(c2ccc([N+](=O)[O-])c(C=O)c2)CC1. The average Bonchev–Trinajstić information content (AvgIpc) is 2.46. The third-order valence-electron chi connectivity index (χ3n) is 3.89. The number of anilines is 1. The van der Waals surface area contributed by atoms with E-state index in [0.717, 1.165) is 31.6 Å². The summed E-state index contributed by atoms with van der Waals surface area (Å²) in [7, 11) is 4.16. The van der Waals surface area contributed by atoms with Crippen molar-refractivity contribution in [1.82, 2.24) is 4.90 Å². The maximum absolute atomic E-state index is 11.0. The molecule has 1 aromatic rings. The summed E-state index contributed by atoms with van der Waals surface area (Å²) in [6.07, 6.45) is 2.66. The predicted molar refractivity (Wildman–Crippen MR) is 77.4 cm³/mol. The molecular weight excluding hydrogens is 258 g/mol. The van der Waals surface area contributed by atoms with Gasteiger partial charge in [-0.1, -0.05) is 0 Å². The van der Waals surface area contributed by atoms with Crippen LogP contribution in [0.1, 0.15) is 23.2 Å². The molecule has 0 amide bonds. The van der Waals surface area contributed by atoms with Gasteiger partial charge in [0.1, 0.15) is 0 Å². The molecule has 6 nitrogen and oxygen atoms in total. The van der Waals surface area contributed by atoms with Crippen molar-refractivity contribution in [2.75, 3.05) is 32.1 Å². The summed E-state index contributed by atoms with van der Waals surface area (Å²) in [4.78, 5) is 25.7. The monoisotopic (exact) mass is 277 g/mol. The van der Waals surface area contributed by atoms with Crippen molar-refractivity contribution in [2.45, 2.75) is 18.9 Å². The van der Waals surface area contributed by atoms with Gasteiger partial charge in [-0.15, -0.1) is 0 Å². The highest BCUT2D eigenvalue weighted by Gasteiger charge is 2.22. The van der Waals surface area contributed by atoms with Crippen LogP contribution in [0.15, 0.2) is 18.2 Å². The molecule has 0 spiro atoms. The molecule has 0 unspecified atom stereocenters. The Labute approximate surface area is 118 Å². The summed E-state index contributed by atoms with van der Waals surface area (Å²) in [5, 5.41) is 10.8. The van der Waals surface area contributed by atoms with Gasteiger partial charge in [0.05, 0.1) is 10.5 Å². The molecule has 20 heavy (non-hydrogen) atoms. The van der Waals surface area contributed by atoms with Gasteiger partial charge in [-0.3, -0.25) is 14.9 Å². The molecule has 0 aromatic heterocycles. The van der Waals surface area contributed by atoms with Crippen molar-refractivity contribution < 1.29 is 9.72 Å². The Hall–Kier alpha value is -1.95. The summed E-state index contributed by atoms with van der Waals surface area (Å²) < 4.78 is 0. The number of piperidine rings is 1. The molecule has 0 radical (unpaired) electrons. The number of nitrogens with zero attached hydrogens (tertiary/aromatic N) is 3. The first-order valence-corrected chi connectivity index (χ1v) is 6.68. The zero-order chi connectivity index (χ0) is 14.7. The molecule has 1 heterocycles. The Balaban J connectivity index is 2.14. The third-order valence-corrected chi connectivity index (χ3v) is 3.89. The van der Waals surface area contributed by atoms with Crippen molar-refractivity contribution in [2.24, 2.45) is 0 Å². The molecule has 0 saturated carbocycles. The molecule has 0 atom stereocenters. The van der Waals surface area contributed by atoms with Gasteiger partial charge in [0, 0.05) is 30.9 Å². The van der Waals surface area contributed by atoms with E-state index in [-0.39, 0.29) is 11.3 Å². The summed E-state index contributed by atoms with van der Waals surface area (Å²) in [6.45, 7) is 1.80. The number of aldehydes is 1. The minimum atomic E-state index is -0.522. The van der Waals surface area contributed by atoms with Crippen LogP contribution in [-0.4, -0.2) is 49.3 Å². The fourth-order valence-corrected chi connectivity index (χ4v) is 2.64. The maximum atomic E-state index is 11.0. The second-order valence-electron chi connectivity index (χ2n) is 5.30. The Morgan fingerprint density at radius 3 is 2.50 bits per heavy atom. The van der Waals surface area contributed by atoms with Gasteiger partial charge < -0.3 is 9.80 Å². The van der Waals surface area contributed by atoms with Crippen LogP contribution in [0.5, 0.6) is 0 Å². The normalized spacial score (nSPS) is 16.4. The lowest BCUT2D eigenvalue weighted by molar-refractivity contribution is -0.385. The topological polar surface area (TPSA) is 66.7 Å². The first-order chi connectivity index (χ1) is 9.52. The lowest BCUT2D eigenvalue weighted by Crippen LogP contribution is -2.42. The van der Waals surface area contributed by atoms with Gasteiger partial charge in [0.25, 0.3) is 5.69 Å². The zero-order valence-electron chi connectivity index (χ0n) is 11.8. The molecule has 1 aliphatic rings. The van der Waals surface area contributed by atoms with Crippen molar-refractivity contribution in [3.63, 3.8) is 0 Å². The van der Waals surface area contributed by atoms with Gasteiger partial charge in [0.15, 0.2) is 6.29 Å². The molecule has 0 aliphatic carbocycles. The summed E-state index contributed by atoms with van der Waals surface area (Å²) in [6, 6.07) is 5.33. The van der Waals surface area contributed by atoms with E-state index in [4.69, 9.17) is 0 Å². The molecule has 108 valence electrons. The highest BCUT2D eigenvalue weighted by molar-refractivity contribution is 5.83. The van der Waals surface area contributed by atoms with E-state index in [1.54, 1.807) is 12.1 Å². The number of carbonyl (C=O) groups excluding carboxylic acids is 1. The zero-order valence-corrected chi connectivity index (χ0v) is 11.8. The number of nitro benzene ring substituents is 1. The van der Waals surface area contributed by atoms with E-state index >= 15 is 0 Å². The maximum Gasteiger partial charge on any atom is 0.280 e. The quantitative estimate of drug-likeness (QED) is 0.478. The average molecular weight is 277 g/mol. The Morgan fingerprint density at radius 2 is 2.00 bits per heavy atom. The number of benzene rings is 1. The van der Waals surface area contributed by atoms with Crippen molar-refractivity contribution >= 4 is 17.7 Å². The van der Waals surface area contributed by atoms with Crippen molar-refractivity contribution in [3.8, 4) is 0 Å². The van der Waals surface area contributed by atoms with Gasteiger partial charge in [-0.2, -0.15) is 0 Å². The van der Waals surface area contributed by atoms with Crippen LogP contribution in [0.3, 0.4) is 0 Å². The fraction of sp³-hybridized carbons (Fsp3) is 0.500. The second kappa shape index (κ2) is 6.00. The van der Waals surface area contributed by atoms with Gasteiger partial charge >= 0.3 is 0 Å². The van der Waals surface area contributed by atoms with E-state index in [2.05, 4.69) is 23.9 Å². The molecule has 1 aromatic carbocycles. The lowest BCUT2D eigenvalue weighted by atomic mass is 10.0. The van der Waals surface area contributed by atoms with Crippen LogP contribution in [-0.2, 0) is 0 Å². The minimum Gasteiger partial charge on any atom is -0.371 e. The van der Waals surface area contributed by atoms with Crippen LogP contribution >= 0.6 is 0 Å².